The van der Waals surface area contributed by atoms with Crippen LogP contribution in [0.25, 0.3) is 10.1 Å². The summed E-state index contributed by atoms with van der Waals surface area (Å²) in [5.41, 5.74) is 0.463. The number of nitrogens with zero attached hydrogens (tertiary/aromatic N) is 1. The molecule has 2 aromatic carbocycles. The molecule has 3 aromatic rings. The van der Waals surface area contributed by atoms with Crippen molar-refractivity contribution in [3.05, 3.63) is 64.0 Å². The van der Waals surface area contributed by atoms with Crippen LogP contribution in [0.3, 0.4) is 0 Å². The van der Waals surface area contributed by atoms with Gasteiger partial charge >= 0.3 is 13.7 Å². The van der Waals surface area contributed by atoms with Crippen LogP contribution < -0.4 is 10.1 Å². The first kappa shape index (κ1) is 31.9. The molecule has 4 rings (SSSR count). The van der Waals surface area contributed by atoms with E-state index >= 15 is 0 Å². The number of nitrogens with one attached hydrogen (secondary N) is 1. The van der Waals surface area contributed by atoms with E-state index in [4.69, 9.17) is 31.1 Å². The van der Waals surface area contributed by atoms with Crippen LogP contribution in [0.1, 0.15) is 61.7 Å². The zero-order valence-corrected chi connectivity index (χ0v) is 25.1. The van der Waals surface area contributed by atoms with Crippen LogP contribution in [0, 0.1) is 0 Å². The van der Waals surface area contributed by atoms with Crippen LogP contribution in [-0.2, 0) is 16.1 Å². The summed E-state index contributed by atoms with van der Waals surface area (Å²) in [4.78, 5) is 28.7. The molecular formula is C29H38BClN2O6S. The predicted octanol–water partition coefficient (Wildman–Crippen LogP) is 4.69. The first-order valence-electron chi connectivity index (χ1n) is 13.3. The van der Waals surface area contributed by atoms with Gasteiger partial charge in [0.1, 0.15) is 16.2 Å². The normalized spacial score (nSPS) is 17.0. The Morgan fingerprint density at radius 3 is 2.33 bits per heavy atom. The number of amides is 1. The third-order valence-corrected chi connectivity index (χ3v) is 8.28. The van der Waals surface area contributed by atoms with Gasteiger partial charge in [0.25, 0.3) is 5.91 Å². The van der Waals surface area contributed by atoms with E-state index in [-0.39, 0.29) is 30.5 Å². The lowest BCUT2D eigenvalue weighted by Gasteiger charge is -2.37. The molecule has 0 saturated heterocycles. The summed E-state index contributed by atoms with van der Waals surface area (Å²) in [7, 11) is 0.898. The van der Waals surface area contributed by atoms with Gasteiger partial charge in [0.2, 0.25) is 0 Å². The lowest BCUT2D eigenvalue weighted by atomic mass is 9.89. The molecule has 40 heavy (non-hydrogen) atoms. The minimum Gasteiger partial charge on any atom is -0.496 e. The van der Waals surface area contributed by atoms with Gasteiger partial charge in [0.05, 0.1) is 18.7 Å². The number of rotatable bonds is 8. The fraction of sp³-hybridized carbons (Fsp3) is 0.448. The number of benzene rings is 2. The van der Waals surface area contributed by atoms with E-state index in [0.717, 1.165) is 47.1 Å². The largest absolute Gasteiger partial charge is 0.496 e. The standard InChI is InChI=1S/C29H35ClN2O4S.BH3O2/c1-29(2,3)36-25(33)17-31-20-13-15-21(16-14-20)32(18-19-9-5-7-11-23(19)35-4)28(34)27-26(30)22-10-6-8-12-24(22)37-27;2-1-3/h5-12,20-21,31H,13-18H2,1-4H3;1-3H. The van der Waals surface area contributed by atoms with E-state index in [1.807, 2.05) is 74.2 Å². The van der Waals surface area contributed by atoms with E-state index in [1.54, 1.807) is 7.11 Å². The van der Waals surface area contributed by atoms with Crippen molar-refractivity contribution in [3.8, 4) is 5.75 Å². The summed E-state index contributed by atoms with van der Waals surface area (Å²) >= 11 is 8.16. The van der Waals surface area contributed by atoms with Crippen molar-refractivity contribution in [1.82, 2.24) is 10.2 Å². The third kappa shape index (κ3) is 8.69. The number of fused-ring (bicyclic) bond motifs is 1. The van der Waals surface area contributed by atoms with Crippen LogP contribution >= 0.6 is 22.9 Å². The van der Waals surface area contributed by atoms with Gasteiger partial charge in [-0.05, 0) is 58.6 Å². The molecule has 1 fully saturated rings. The second-order valence-electron chi connectivity index (χ2n) is 10.6. The number of methoxy groups -OCH3 is 1. The minimum absolute atomic E-state index is 0.0535. The van der Waals surface area contributed by atoms with Gasteiger partial charge in [0.15, 0.2) is 0 Å². The highest BCUT2D eigenvalue weighted by atomic mass is 35.5. The van der Waals surface area contributed by atoms with Crippen molar-refractivity contribution < 1.29 is 29.1 Å². The zero-order chi connectivity index (χ0) is 29.3. The van der Waals surface area contributed by atoms with E-state index in [9.17, 15) is 9.59 Å². The molecule has 3 N–H and O–H groups in total. The Morgan fingerprint density at radius 2 is 1.70 bits per heavy atom. The number of para-hydroxylation sites is 1. The van der Waals surface area contributed by atoms with E-state index in [2.05, 4.69) is 5.32 Å². The van der Waals surface area contributed by atoms with Crippen LogP contribution in [0.2, 0.25) is 5.02 Å². The number of ether oxygens (including phenoxy) is 2. The lowest BCUT2D eigenvalue weighted by molar-refractivity contribution is -0.153. The maximum absolute atomic E-state index is 14.0. The molecule has 0 bridgehead atoms. The van der Waals surface area contributed by atoms with Gasteiger partial charge < -0.3 is 29.7 Å². The average molecular weight is 589 g/mol. The van der Waals surface area contributed by atoms with Crippen molar-refractivity contribution in [1.29, 1.82) is 0 Å². The van der Waals surface area contributed by atoms with Crippen molar-refractivity contribution in [2.75, 3.05) is 13.7 Å². The topological polar surface area (TPSA) is 108 Å². The maximum atomic E-state index is 14.0. The van der Waals surface area contributed by atoms with E-state index in [1.165, 1.54) is 11.3 Å². The number of thiophene rings is 1. The molecule has 0 spiro atoms. The number of hydrogen-bond acceptors (Lipinski definition) is 8. The number of carbonyl (C=O) groups excluding carboxylic acids is 2. The summed E-state index contributed by atoms with van der Waals surface area (Å²) in [6.07, 6.45) is 3.39. The average Bonchev–Trinajstić information content (AvgIpc) is 3.26. The molecule has 1 amide bonds. The Bertz CT molecular complexity index is 1270. The Morgan fingerprint density at radius 1 is 1.07 bits per heavy atom. The Hall–Kier alpha value is -2.63. The van der Waals surface area contributed by atoms with Crippen LogP contribution in [0.4, 0.5) is 0 Å². The second-order valence-corrected chi connectivity index (χ2v) is 12.0. The van der Waals surface area contributed by atoms with E-state index < -0.39 is 13.3 Å². The maximum Gasteiger partial charge on any atom is 0.432 e. The molecule has 0 unspecified atom stereocenters. The monoisotopic (exact) mass is 588 g/mol. The van der Waals surface area contributed by atoms with Gasteiger partial charge in [-0.1, -0.05) is 48.0 Å². The predicted molar refractivity (Wildman–Crippen MR) is 161 cm³/mol. The van der Waals surface area contributed by atoms with Crippen molar-refractivity contribution >= 4 is 52.6 Å². The first-order valence-corrected chi connectivity index (χ1v) is 14.5. The number of hydrogen-bond donors (Lipinski definition) is 3. The van der Waals surface area contributed by atoms with Gasteiger partial charge in [-0.15, -0.1) is 11.3 Å². The molecule has 1 aliphatic rings. The highest BCUT2D eigenvalue weighted by Crippen LogP contribution is 2.38. The summed E-state index contributed by atoms with van der Waals surface area (Å²) < 4.78 is 12.0. The molecule has 11 heteroatoms. The van der Waals surface area contributed by atoms with Crippen LogP contribution in [0.15, 0.2) is 48.5 Å². The molecule has 1 saturated carbocycles. The summed E-state index contributed by atoms with van der Waals surface area (Å²) in [5, 5.41) is 19.0. The van der Waals surface area contributed by atoms with Crippen molar-refractivity contribution in [2.24, 2.45) is 0 Å². The zero-order valence-electron chi connectivity index (χ0n) is 23.5. The van der Waals surface area contributed by atoms with Crippen molar-refractivity contribution in [3.63, 3.8) is 0 Å². The van der Waals surface area contributed by atoms with Gasteiger partial charge in [-0.3, -0.25) is 9.59 Å². The summed E-state index contributed by atoms with van der Waals surface area (Å²) in [5.74, 6) is 0.458. The number of carbonyl (C=O) groups is 2. The Balaban J connectivity index is 0.00000141. The number of esters is 1. The van der Waals surface area contributed by atoms with Crippen LogP contribution in [-0.4, -0.2) is 65.8 Å². The molecule has 216 valence electrons. The highest BCUT2D eigenvalue weighted by Gasteiger charge is 2.32. The molecule has 1 aromatic heterocycles. The fourth-order valence-electron chi connectivity index (χ4n) is 4.86. The Kier molecular flexibility index (Phi) is 11.8. The SMILES string of the molecule is COc1ccccc1CN(C(=O)c1sc2ccccc2c1Cl)C1CCC(NCC(=O)OC(C)(C)C)CC1.OBO. The lowest BCUT2D eigenvalue weighted by Crippen LogP contribution is -2.46. The van der Waals surface area contributed by atoms with Gasteiger partial charge in [-0.2, -0.15) is 0 Å². The fourth-order valence-corrected chi connectivity index (χ4v) is 6.33. The smallest absolute Gasteiger partial charge is 0.432 e. The second kappa shape index (κ2) is 14.8. The number of halogens is 1. The molecule has 0 atom stereocenters. The third-order valence-electron chi connectivity index (χ3n) is 6.62. The van der Waals surface area contributed by atoms with Gasteiger partial charge in [0, 0.05) is 34.3 Å². The molecule has 1 heterocycles. The van der Waals surface area contributed by atoms with Crippen molar-refractivity contribution in [2.45, 2.75) is 70.7 Å². The molecule has 0 radical (unpaired) electrons. The molecule has 0 aliphatic heterocycles. The van der Waals surface area contributed by atoms with Gasteiger partial charge in [-0.25, -0.2) is 0 Å². The molecule has 1 aliphatic carbocycles. The first-order chi connectivity index (χ1) is 19.1. The molecular weight excluding hydrogens is 551 g/mol. The minimum atomic E-state index is -0.750. The van der Waals surface area contributed by atoms with E-state index in [0.29, 0.717) is 16.4 Å². The summed E-state index contributed by atoms with van der Waals surface area (Å²) in [6, 6.07) is 15.9. The Labute approximate surface area is 245 Å². The summed E-state index contributed by atoms with van der Waals surface area (Å²) in [6.45, 7) is 6.23. The quantitative estimate of drug-likeness (QED) is 0.259. The highest BCUT2D eigenvalue weighted by molar-refractivity contribution is 7.21. The van der Waals surface area contributed by atoms with Crippen LogP contribution in [0.5, 0.6) is 5.75 Å². The molecule has 8 nitrogen and oxygen atoms in total.